The lowest BCUT2D eigenvalue weighted by atomic mass is 10.3. The molecule has 0 atom stereocenters. The van der Waals surface area contributed by atoms with Crippen LogP contribution in [0.4, 0.5) is 0 Å². The molecule has 0 aliphatic carbocycles. The van der Waals surface area contributed by atoms with E-state index in [2.05, 4.69) is 15.2 Å². The molecule has 4 nitrogen and oxygen atoms in total. The van der Waals surface area contributed by atoms with Gasteiger partial charge >= 0.3 is 0 Å². The standard InChI is InChI=1S/C6H10N4S/c1-11-6-8-4-5(2-3-7)9-10-6/h4H,2-3,7H2,1H3. The van der Waals surface area contributed by atoms with Crippen molar-refractivity contribution in [2.45, 2.75) is 11.6 Å². The van der Waals surface area contributed by atoms with Crippen LogP contribution in [-0.4, -0.2) is 28.0 Å². The Morgan fingerprint density at radius 1 is 1.55 bits per heavy atom. The lowest BCUT2D eigenvalue weighted by Gasteiger charge is -1.95. The summed E-state index contributed by atoms with van der Waals surface area (Å²) in [5, 5.41) is 8.49. The topological polar surface area (TPSA) is 64.7 Å². The Labute approximate surface area is 69.6 Å². The molecule has 11 heavy (non-hydrogen) atoms. The van der Waals surface area contributed by atoms with Gasteiger partial charge in [0, 0.05) is 6.42 Å². The second-order valence-corrected chi connectivity index (χ2v) is 2.75. The fraction of sp³-hybridized carbons (Fsp3) is 0.500. The second-order valence-electron chi connectivity index (χ2n) is 1.97. The molecule has 0 aliphatic rings. The van der Waals surface area contributed by atoms with E-state index < -0.39 is 0 Å². The fourth-order valence-corrected chi connectivity index (χ4v) is 0.925. The zero-order chi connectivity index (χ0) is 8.10. The van der Waals surface area contributed by atoms with E-state index in [4.69, 9.17) is 5.73 Å². The predicted octanol–water partition coefficient (Wildman–Crippen LogP) is 0.0947. The molecule has 0 saturated heterocycles. The first kappa shape index (κ1) is 8.42. The monoisotopic (exact) mass is 170 g/mol. The molecule has 1 aromatic rings. The quantitative estimate of drug-likeness (QED) is 0.651. The molecule has 1 rings (SSSR count). The van der Waals surface area contributed by atoms with Crippen molar-refractivity contribution >= 4 is 11.8 Å². The van der Waals surface area contributed by atoms with Crippen molar-refractivity contribution in [2.75, 3.05) is 12.8 Å². The van der Waals surface area contributed by atoms with Gasteiger partial charge in [0.2, 0.25) is 5.16 Å². The SMILES string of the molecule is CSc1ncc(CCN)nn1. The van der Waals surface area contributed by atoms with Crippen LogP contribution in [0.25, 0.3) is 0 Å². The molecule has 0 saturated carbocycles. The Kier molecular flexibility index (Phi) is 3.25. The smallest absolute Gasteiger partial charge is 0.208 e. The minimum atomic E-state index is 0.592. The van der Waals surface area contributed by atoms with Gasteiger partial charge in [0.05, 0.1) is 11.9 Å². The fourth-order valence-electron chi connectivity index (χ4n) is 0.644. The molecule has 0 aliphatic heterocycles. The van der Waals surface area contributed by atoms with Crippen LogP contribution in [0.1, 0.15) is 5.69 Å². The summed E-state index contributed by atoms with van der Waals surface area (Å²) in [6.45, 7) is 0.592. The van der Waals surface area contributed by atoms with E-state index in [-0.39, 0.29) is 0 Å². The molecule has 5 heteroatoms. The highest BCUT2D eigenvalue weighted by molar-refractivity contribution is 7.98. The third kappa shape index (κ3) is 2.44. The Morgan fingerprint density at radius 2 is 2.36 bits per heavy atom. The molecule has 0 aromatic carbocycles. The molecule has 0 bridgehead atoms. The third-order valence-electron chi connectivity index (χ3n) is 1.17. The number of rotatable bonds is 3. The molecular formula is C6H10N4S. The molecule has 0 amide bonds. The van der Waals surface area contributed by atoms with Crippen molar-refractivity contribution in [1.29, 1.82) is 0 Å². The number of hydrogen-bond donors (Lipinski definition) is 1. The Morgan fingerprint density at radius 3 is 2.82 bits per heavy atom. The summed E-state index contributed by atoms with van der Waals surface area (Å²) < 4.78 is 0. The zero-order valence-electron chi connectivity index (χ0n) is 6.32. The highest BCUT2D eigenvalue weighted by atomic mass is 32.2. The molecule has 0 fully saturated rings. The van der Waals surface area contributed by atoms with Crippen LogP contribution in [-0.2, 0) is 6.42 Å². The lowest BCUT2D eigenvalue weighted by Crippen LogP contribution is -2.06. The normalized spacial score (nSPS) is 10.0. The summed E-state index contributed by atoms with van der Waals surface area (Å²) in [5.41, 5.74) is 6.18. The second kappa shape index (κ2) is 4.25. The van der Waals surface area contributed by atoms with Gasteiger partial charge in [-0.3, -0.25) is 0 Å². The van der Waals surface area contributed by atoms with E-state index in [1.807, 2.05) is 6.26 Å². The largest absolute Gasteiger partial charge is 0.330 e. The Balaban J connectivity index is 2.66. The average Bonchev–Trinajstić information content (AvgIpc) is 2.07. The summed E-state index contributed by atoms with van der Waals surface area (Å²) in [7, 11) is 0. The summed E-state index contributed by atoms with van der Waals surface area (Å²) in [6, 6.07) is 0. The van der Waals surface area contributed by atoms with Crippen LogP contribution in [0.15, 0.2) is 11.4 Å². The third-order valence-corrected chi connectivity index (χ3v) is 1.72. The van der Waals surface area contributed by atoms with Gasteiger partial charge in [-0.05, 0) is 12.8 Å². The van der Waals surface area contributed by atoms with Crippen LogP contribution in [0.3, 0.4) is 0 Å². The highest BCUT2D eigenvalue weighted by Crippen LogP contribution is 2.04. The highest BCUT2D eigenvalue weighted by Gasteiger charge is 1.95. The number of thioether (sulfide) groups is 1. The predicted molar refractivity (Wildman–Crippen MR) is 44.4 cm³/mol. The van der Waals surface area contributed by atoms with Crippen LogP contribution in [0.2, 0.25) is 0 Å². The first-order valence-electron chi connectivity index (χ1n) is 3.29. The molecular weight excluding hydrogens is 160 g/mol. The maximum atomic E-state index is 5.33. The number of hydrogen-bond acceptors (Lipinski definition) is 5. The molecule has 1 heterocycles. The van der Waals surface area contributed by atoms with E-state index in [0.29, 0.717) is 11.7 Å². The summed E-state index contributed by atoms with van der Waals surface area (Å²) in [6.07, 6.45) is 4.37. The molecule has 60 valence electrons. The van der Waals surface area contributed by atoms with Gasteiger partial charge in [-0.2, -0.15) is 5.10 Å². The van der Waals surface area contributed by atoms with E-state index >= 15 is 0 Å². The molecule has 0 unspecified atom stereocenters. The van der Waals surface area contributed by atoms with Gasteiger partial charge in [0.15, 0.2) is 0 Å². The first-order valence-corrected chi connectivity index (χ1v) is 4.52. The zero-order valence-corrected chi connectivity index (χ0v) is 7.14. The van der Waals surface area contributed by atoms with E-state index in [0.717, 1.165) is 12.1 Å². The number of aromatic nitrogens is 3. The summed E-state index contributed by atoms with van der Waals surface area (Å²) in [4.78, 5) is 4.05. The first-order chi connectivity index (χ1) is 5.36. The van der Waals surface area contributed by atoms with Crippen molar-refractivity contribution in [3.8, 4) is 0 Å². The van der Waals surface area contributed by atoms with Crippen molar-refractivity contribution in [2.24, 2.45) is 5.73 Å². The molecule has 0 spiro atoms. The summed E-state index contributed by atoms with van der Waals surface area (Å²) >= 11 is 1.48. The Hall–Kier alpha value is -0.680. The Bertz CT molecular complexity index is 210. The van der Waals surface area contributed by atoms with Crippen LogP contribution >= 0.6 is 11.8 Å². The van der Waals surface area contributed by atoms with Crippen molar-refractivity contribution < 1.29 is 0 Å². The van der Waals surface area contributed by atoms with Crippen molar-refractivity contribution in [3.63, 3.8) is 0 Å². The van der Waals surface area contributed by atoms with Gasteiger partial charge in [-0.25, -0.2) is 4.98 Å². The average molecular weight is 170 g/mol. The van der Waals surface area contributed by atoms with Gasteiger partial charge in [0.25, 0.3) is 0 Å². The number of nitrogens with zero attached hydrogens (tertiary/aromatic N) is 3. The van der Waals surface area contributed by atoms with E-state index in [1.54, 1.807) is 6.20 Å². The number of nitrogens with two attached hydrogens (primary N) is 1. The van der Waals surface area contributed by atoms with E-state index in [1.165, 1.54) is 11.8 Å². The van der Waals surface area contributed by atoms with Gasteiger partial charge in [-0.15, -0.1) is 5.10 Å². The molecule has 0 radical (unpaired) electrons. The van der Waals surface area contributed by atoms with Crippen molar-refractivity contribution in [1.82, 2.24) is 15.2 Å². The van der Waals surface area contributed by atoms with E-state index in [9.17, 15) is 0 Å². The maximum absolute atomic E-state index is 5.33. The van der Waals surface area contributed by atoms with Crippen LogP contribution in [0, 0.1) is 0 Å². The molecule has 1 aromatic heterocycles. The van der Waals surface area contributed by atoms with Crippen LogP contribution in [0.5, 0.6) is 0 Å². The van der Waals surface area contributed by atoms with Crippen molar-refractivity contribution in [3.05, 3.63) is 11.9 Å². The minimum Gasteiger partial charge on any atom is -0.330 e. The summed E-state index contributed by atoms with van der Waals surface area (Å²) in [5.74, 6) is 0. The molecule has 2 N–H and O–H groups in total. The lowest BCUT2D eigenvalue weighted by molar-refractivity contribution is 0.772. The van der Waals surface area contributed by atoms with Crippen LogP contribution < -0.4 is 5.73 Å². The van der Waals surface area contributed by atoms with Gasteiger partial charge < -0.3 is 5.73 Å². The maximum Gasteiger partial charge on any atom is 0.208 e. The minimum absolute atomic E-state index is 0.592. The van der Waals surface area contributed by atoms with Gasteiger partial charge in [0.1, 0.15) is 0 Å². The van der Waals surface area contributed by atoms with Gasteiger partial charge in [-0.1, -0.05) is 11.8 Å².